The third kappa shape index (κ3) is 4.94. The average Bonchev–Trinajstić information content (AvgIpc) is 2.37. The summed E-state index contributed by atoms with van der Waals surface area (Å²) in [5, 5.41) is 3.47. The van der Waals surface area contributed by atoms with Gasteiger partial charge < -0.3 is 15.0 Å². The molecule has 0 spiro atoms. The van der Waals surface area contributed by atoms with Crippen LogP contribution in [0.5, 0.6) is 5.75 Å². The van der Waals surface area contributed by atoms with Crippen molar-refractivity contribution in [3.05, 3.63) is 29.8 Å². The topological polar surface area (TPSA) is 24.5 Å². The Labute approximate surface area is 117 Å². The Bertz CT molecular complexity index is 433. The van der Waals surface area contributed by atoms with E-state index in [0.29, 0.717) is 6.61 Å². The van der Waals surface area contributed by atoms with Crippen LogP contribution in [0.2, 0.25) is 0 Å². The number of likely N-dealkylation sites (N-methyl/N-ethyl adjacent to an activating group) is 1. The summed E-state index contributed by atoms with van der Waals surface area (Å²) in [5.41, 5.74) is 1.25. The minimum atomic E-state index is 0.120. The van der Waals surface area contributed by atoms with Crippen LogP contribution in [0.15, 0.2) is 24.3 Å². The van der Waals surface area contributed by atoms with Crippen molar-refractivity contribution in [1.29, 1.82) is 0 Å². The maximum atomic E-state index is 5.53. The lowest BCUT2D eigenvalue weighted by atomic mass is 10.0. The minimum absolute atomic E-state index is 0.120. The third-order valence-corrected chi connectivity index (χ3v) is 3.37. The van der Waals surface area contributed by atoms with Crippen molar-refractivity contribution in [3.63, 3.8) is 0 Å². The summed E-state index contributed by atoms with van der Waals surface area (Å²) < 4.78 is 5.53. The Kier molecular flexibility index (Phi) is 5.88. The van der Waals surface area contributed by atoms with Gasteiger partial charge in [-0.25, -0.2) is 0 Å². The van der Waals surface area contributed by atoms with Gasteiger partial charge in [0.25, 0.3) is 0 Å². The van der Waals surface area contributed by atoms with Gasteiger partial charge in [-0.15, -0.1) is 6.42 Å². The van der Waals surface area contributed by atoms with Gasteiger partial charge >= 0.3 is 0 Å². The molecule has 0 radical (unpaired) electrons. The van der Waals surface area contributed by atoms with Crippen molar-refractivity contribution in [1.82, 2.24) is 10.2 Å². The highest BCUT2D eigenvalue weighted by atomic mass is 16.5. The summed E-state index contributed by atoms with van der Waals surface area (Å²) in [7, 11) is 4.18. The van der Waals surface area contributed by atoms with Gasteiger partial charge in [-0.05, 0) is 34.0 Å². The van der Waals surface area contributed by atoms with Crippen LogP contribution in [0.1, 0.15) is 19.4 Å². The first-order valence-corrected chi connectivity index (χ1v) is 6.49. The quantitative estimate of drug-likeness (QED) is 0.760. The molecule has 1 N–H and O–H groups in total. The molecular weight excluding hydrogens is 236 g/mol. The van der Waals surface area contributed by atoms with Crippen LogP contribution in [0, 0.1) is 12.3 Å². The van der Waals surface area contributed by atoms with Gasteiger partial charge in [0, 0.05) is 24.2 Å². The minimum Gasteiger partial charge on any atom is -0.481 e. The van der Waals surface area contributed by atoms with Gasteiger partial charge in [-0.3, -0.25) is 0 Å². The molecule has 0 unspecified atom stereocenters. The van der Waals surface area contributed by atoms with Crippen molar-refractivity contribution in [2.24, 2.45) is 0 Å². The predicted molar refractivity (Wildman–Crippen MR) is 80.2 cm³/mol. The summed E-state index contributed by atoms with van der Waals surface area (Å²) in [5.74, 6) is 3.35. The second-order valence-corrected chi connectivity index (χ2v) is 5.41. The molecule has 0 saturated carbocycles. The fourth-order valence-corrected chi connectivity index (χ4v) is 1.57. The fraction of sp³-hybridized carbons (Fsp3) is 0.500. The normalized spacial score (nSPS) is 11.4. The smallest absolute Gasteiger partial charge is 0.148 e. The molecule has 0 heterocycles. The highest BCUT2D eigenvalue weighted by Gasteiger charge is 2.19. The van der Waals surface area contributed by atoms with Crippen LogP contribution in [-0.4, -0.2) is 37.7 Å². The zero-order valence-corrected chi connectivity index (χ0v) is 12.4. The second kappa shape index (κ2) is 7.18. The molecule has 0 aliphatic heterocycles. The number of rotatable bonds is 7. The van der Waals surface area contributed by atoms with Crippen LogP contribution in [0.4, 0.5) is 0 Å². The highest BCUT2D eigenvalue weighted by molar-refractivity contribution is 5.33. The number of nitrogens with zero attached hydrogens (tertiary/aromatic N) is 1. The van der Waals surface area contributed by atoms with E-state index in [-0.39, 0.29) is 5.54 Å². The largest absolute Gasteiger partial charge is 0.481 e. The van der Waals surface area contributed by atoms with E-state index in [4.69, 9.17) is 11.2 Å². The standard InChI is InChI=1S/C16H24N2O/c1-6-11-19-15-10-8-7-9-14(15)12-17-13-16(2,3)18(4)5/h1,7-10,17H,11-13H2,2-5H3. The van der Waals surface area contributed by atoms with Gasteiger partial charge in [-0.2, -0.15) is 0 Å². The molecule has 0 atom stereocenters. The van der Waals surface area contributed by atoms with E-state index in [1.807, 2.05) is 18.2 Å². The van der Waals surface area contributed by atoms with E-state index in [1.54, 1.807) is 0 Å². The molecule has 0 saturated heterocycles. The third-order valence-electron chi connectivity index (χ3n) is 3.37. The SMILES string of the molecule is C#CCOc1ccccc1CNCC(C)(C)N(C)C. The molecular formula is C16H24N2O. The zero-order valence-electron chi connectivity index (χ0n) is 12.4. The first-order chi connectivity index (χ1) is 8.97. The number of ether oxygens (including phenoxy) is 1. The number of para-hydroxylation sites is 1. The van der Waals surface area contributed by atoms with Gasteiger partial charge in [0.15, 0.2) is 0 Å². The molecule has 0 aliphatic rings. The van der Waals surface area contributed by atoms with Crippen LogP contribution < -0.4 is 10.1 Å². The lowest BCUT2D eigenvalue weighted by Crippen LogP contribution is -2.46. The molecule has 3 nitrogen and oxygen atoms in total. The predicted octanol–water partition coefficient (Wildman–Crippen LogP) is 2.13. The van der Waals surface area contributed by atoms with Crippen LogP contribution in [-0.2, 0) is 6.54 Å². The number of nitrogens with one attached hydrogen (secondary N) is 1. The van der Waals surface area contributed by atoms with Gasteiger partial charge in [0.1, 0.15) is 12.4 Å². The summed E-state index contributed by atoms with van der Waals surface area (Å²) in [4.78, 5) is 2.21. The Balaban J connectivity index is 2.56. The van der Waals surface area contributed by atoms with Crippen LogP contribution >= 0.6 is 0 Å². The zero-order chi connectivity index (χ0) is 14.3. The Hall–Kier alpha value is -1.50. The van der Waals surface area contributed by atoms with Crippen LogP contribution in [0.25, 0.3) is 0 Å². The van der Waals surface area contributed by atoms with E-state index in [2.05, 4.69) is 50.1 Å². The van der Waals surface area contributed by atoms with Crippen molar-refractivity contribution in [3.8, 4) is 18.1 Å². The van der Waals surface area contributed by atoms with Gasteiger partial charge in [0.2, 0.25) is 0 Å². The number of terminal acetylenes is 1. The van der Waals surface area contributed by atoms with Crippen molar-refractivity contribution >= 4 is 0 Å². The average molecular weight is 260 g/mol. The number of hydrogen-bond acceptors (Lipinski definition) is 3. The van der Waals surface area contributed by atoms with Crippen molar-refractivity contribution < 1.29 is 4.74 Å². The maximum Gasteiger partial charge on any atom is 0.148 e. The molecule has 1 aromatic carbocycles. The Morgan fingerprint density at radius 3 is 2.63 bits per heavy atom. The van der Waals surface area contributed by atoms with E-state index >= 15 is 0 Å². The van der Waals surface area contributed by atoms with Crippen LogP contribution in [0.3, 0.4) is 0 Å². The Morgan fingerprint density at radius 2 is 2.00 bits per heavy atom. The first-order valence-electron chi connectivity index (χ1n) is 6.49. The molecule has 1 aromatic rings. The van der Waals surface area contributed by atoms with E-state index in [9.17, 15) is 0 Å². The molecule has 19 heavy (non-hydrogen) atoms. The summed E-state index contributed by atoms with van der Waals surface area (Å²) in [6.07, 6.45) is 5.22. The summed E-state index contributed by atoms with van der Waals surface area (Å²) in [6.45, 7) is 6.41. The molecule has 0 aliphatic carbocycles. The molecule has 3 heteroatoms. The number of hydrogen-bond donors (Lipinski definition) is 1. The van der Waals surface area contributed by atoms with E-state index in [0.717, 1.165) is 24.4 Å². The summed E-state index contributed by atoms with van der Waals surface area (Å²) in [6, 6.07) is 7.98. The lowest BCUT2D eigenvalue weighted by molar-refractivity contribution is 0.189. The first kappa shape index (κ1) is 15.6. The van der Waals surface area contributed by atoms with Crippen molar-refractivity contribution in [2.45, 2.75) is 25.9 Å². The van der Waals surface area contributed by atoms with Gasteiger partial charge in [-0.1, -0.05) is 24.1 Å². The summed E-state index contributed by atoms with van der Waals surface area (Å²) >= 11 is 0. The second-order valence-electron chi connectivity index (χ2n) is 5.41. The molecule has 1 rings (SSSR count). The van der Waals surface area contributed by atoms with E-state index < -0.39 is 0 Å². The highest BCUT2D eigenvalue weighted by Crippen LogP contribution is 2.18. The Morgan fingerprint density at radius 1 is 1.32 bits per heavy atom. The molecule has 0 bridgehead atoms. The fourth-order valence-electron chi connectivity index (χ4n) is 1.57. The number of benzene rings is 1. The molecule has 0 fully saturated rings. The van der Waals surface area contributed by atoms with E-state index in [1.165, 1.54) is 0 Å². The monoisotopic (exact) mass is 260 g/mol. The molecule has 0 amide bonds. The lowest BCUT2D eigenvalue weighted by Gasteiger charge is -2.32. The van der Waals surface area contributed by atoms with Crippen molar-refractivity contribution in [2.75, 3.05) is 27.2 Å². The molecule has 0 aromatic heterocycles. The van der Waals surface area contributed by atoms with Gasteiger partial charge in [0.05, 0.1) is 0 Å². The maximum absolute atomic E-state index is 5.53. The molecule has 104 valence electrons.